The molecule has 0 atom stereocenters. The molecule has 2 N–H and O–H groups in total. The van der Waals surface area contributed by atoms with Crippen molar-refractivity contribution < 1.29 is 4.74 Å². The summed E-state index contributed by atoms with van der Waals surface area (Å²) in [5, 5.41) is 16.2. The van der Waals surface area contributed by atoms with E-state index in [0.29, 0.717) is 6.61 Å². The normalized spacial score (nSPS) is 20.3. The highest BCUT2D eigenvalue weighted by molar-refractivity contribution is 5.37. The number of benzene rings is 1. The molecule has 4 nitrogen and oxygen atoms in total. The molecule has 1 aromatic rings. The van der Waals surface area contributed by atoms with E-state index >= 15 is 0 Å². The summed E-state index contributed by atoms with van der Waals surface area (Å²) < 4.78 is 5.90. The van der Waals surface area contributed by atoms with E-state index < -0.39 is 0 Å². The lowest BCUT2D eigenvalue weighted by molar-refractivity contribution is 0.201. The molecule has 0 spiro atoms. The maximum Gasteiger partial charge on any atom is 0.119 e. The van der Waals surface area contributed by atoms with Gasteiger partial charge >= 0.3 is 0 Å². The highest BCUT2D eigenvalue weighted by atomic mass is 16.5. The van der Waals surface area contributed by atoms with Gasteiger partial charge in [-0.25, -0.2) is 0 Å². The molecule has 1 fully saturated rings. The molecule has 112 valence electrons. The van der Waals surface area contributed by atoms with Crippen LogP contribution >= 0.6 is 0 Å². The molecule has 3 rings (SSSR count). The lowest BCUT2D eigenvalue weighted by Gasteiger charge is -2.31. The summed E-state index contributed by atoms with van der Waals surface area (Å²) in [6, 6.07) is 8.90. The molecule has 0 saturated carbocycles. The van der Waals surface area contributed by atoms with Gasteiger partial charge in [0.2, 0.25) is 0 Å². The Morgan fingerprint density at radius 1 is 1.14 bits per heavy atom. The van der Waals surface area contributed by atoms with Gasteiger partial charge in [-0.15, -0.1) is 0 Å². The third kappa shape index (κ3) is 3.37. The summed E-state index contributed by atoms with van der Waals surface area (Å²) in [7, 11) is 0. The van der Waals surface area contributed by atoms with E-state index in [1.165, 1.54) is 11.1 Å². The van der Waals surface area contributed by atoms with Crippen molar-refractivity contribution in [2.45, 2.75) is 32.2 Å². The van der Waals surface area contributed by atoms with Crippen LogP contribution in [-0.4, -0.2) is 26.2 Å². The van der Waals surface area contributed by atoms with E-state index in [9.17, 15) is 5.26 Å². The second kappa shape index (κ2) is 6.46. The predicted octanol–water partition coefficient (Wildman–Crippen LogP) is 1.99. The van der Waals surface area contributed by atoms with E-state index in [1.54, 1.807) is 0 Å². The number of ether oxygens (including phenoxy) is 1. The number of nitrogens with zero attached hydrogens (tertiary/aromatic N) is 1. The van der Waals surface area contributed by atoms with Gasteiger partial charge in [0.05, 0.1) is 18.1 Å². The van der Waals surface area contributed by atoms with Gasteiger partial charge in [-0.3, -0.25) is 0 Å². The Bertz CT molecular complexity index is 529. The minimum Gasteiger partial charge on any atom is -0.494 e. The van der Waals surface area contributed by atoms with Crippen LogP contribution in [0.25, 0.3) is 0 Å². The van der Waals surface area contributed by atoms with Crippen LogP contribution in [0.15, 0.2) is 18.2 Å². The van der Waals surface area contributed by atoms with Crippen molar-refractivity contribution in [3.05, 3.63) is 29.3 Å². The number of piperidine rings is 1. The van der Waals surface area contributed by atoms with Gasteiger partial charge in [0.25, 0.3) is 0 Å². The highest BCUT2D eigenvalue weighted by Crippen LogP contribution is 2.32. The van der Waals surface area contributed by atoms with Gasteiger partial charge in [0, 0.05) is 13.0 Å². The van der Waals surface area contributed by atoms with E-state index in [4.69, 9.17) is 4.74 Å². The first-order chi connectivity index (χ1) is 10.3. The Hall–Kier alpha value is -1.57. The zero-order valence-electron chi connectivity index (χ0n) is 12.5. The average molecular weight is 285 g/mol. The van der Waals surface area contributed by atoms with Crippen LogP contribution in [0.3, 0.4) is 0 Å². The van der Waals surface area contributed by atoms with Crippen molar-refractivity contribution in [2.24, 2.45) is 5.41 Å². The van der Waals surface area contributed by atoms with Crippen LogP contribution in [0, 0.1) is 16.7 Å². The monoisotopic (exact) mass is 285 g/mol. The molecule has 0 unspecified atom stereocenters. The van der Waals surface area contributed by atoms with Crippen molar-refractivity contribution in [3.8, 4) is 11.8 Å². The van der Waals surface area contributed by atoms with E-state index in [0.717, 1.165) is 57.6 Å². The molecule has 21 heavy (non-hydrogen) atoms. The van der Waals surface area contributed by atoms with Crippen molar-refractivity contribution in [2.75, 3.05) is 26.2 Å². The van der Waals surface area contributed by atoms with Gasteiger partial charge in [0.15, 0.2) is 0 Å². The van der Waals surface area contributed by atoms with Crippen molar-refractivity contribution in [1.29, 1.82) is 5.26 Å². The summed E-state index contributed by atoms with van der Waals surface area (Å²) >= 11 is 0. The van der Waals surface area contributed by atoms with Crippen LogP contribution < -0.4 is 15.4 Å². The molecular weight excluding hydrogens is 262 g/mol. The lowest BCUT2D eigenvalue weighted by atomic mass is 9.78. The first-order valence-corrected chi connectivity index (χ1v) is 7.89. The van der Waals surface area contributed by atoms with Crippen molar-refractivity contribution >= 4 is 0 Å². The van der Waals surface area contributed by atoms with Crippen molar-refractivity contribution in [3.63, 3.8) is 0 Å². The Labute approximate surface area is 126 Å². The Balaban J connectivity index is 1.56. The summed E-state index contributed by atoms with van der Waals surface area (Å²) in [5.41, 5.74) is 2.57. The Morgan fingerprint density at radius 3 is 2.81 bits per heavy atom. The molecular formula is C17H23N3O. The van der Waals surface area contributed by atoms with Crippen LogP contribution in [-0.2, 0) is 13.0 Å². The average Bonchev–Trinajstić information content (AvgIpc) is 2.55. The fourth-order valence-electron chi connectivity index (χ4n) is 3.23. The zero-order valence-corrected chi connectivity index (χ0v) is 12.5. The number of nitrogens with one attached hydrogen (secondary N) is 2. The molecule has 0 amide bonds. The van der Waals surface area contributed by atoms with Gasteiger partial charge in [0.1, 0.15) is 5.75 Å². The second-order valence-electron chi connectivity index (χ2n) is 6.10. The third-order valence-corrected chi connectivity index (χ3v) is 4.71. The maximum absolute atomic E-state index is 9.46. The van der Waals surface area contributed by atoms with Crippen LogP contribution in [0.2, 0.25) is 0 Å². The van der Waals surface area contributed by atoms with E-state index in [2.05, 4.69) is 34.9 Å². The largest absolute Gasteiger partial charge is 0.494 e. The standard InChI is InChI=1S/C17H23N3O/c18-13-17(4-8-19-9-5-17)6-10-21-16-2-1-14-3-7-20-12-15(14)11-16/h1-2,11,19-20H,3-10,12H2. The van der Waals surface area contributed by atoms with E-state index in [1.807, 2.05) is 0 Å². The fraction of sp³-hybridized carbons (Fsp3) is 0.588. The maximum atomic E-state index is 9.46. The number of nitriles is 1. The molecule has 2 aliphatic rings. The molecule has 1 aromatic carbocycles. The topological polar surface area (TPSA) is 57.1 Å². The number of rotatable bonds is 4. The predicted molar refractivity (Wildman–Crippen MR) is 82.1 cm³/mol. The molecule has 2 aliphatic heterocycles. The molecule has 0 bridgehead atoms. The van der Waals surface area contributed by atoms with Gasteiger partial charge in [-0.05, 0) is 62.2 Å². The van der Waals surface area contributed by atoms with E-state index in [-0.39, 0.29) is 5.41 Å². The molecule has 0 radical (unpaired) electrons. The second-order valence-corrected chi connectivity index (χ2v) is 6.10. The van der Waals surface area contributed by atoms with Gasteiger partial charge in [-0.2, -0.15) is 5.26 Å². The van der Waals surface area contributed by atoms with Gasteiger partial charge < -0.3 is 15.4 Å². The fourth-order valence-corrected chi connectivity index (χ4v) is 3.23. The first-order valence-electron chi connectivity index (χ1n) is 7.89. The molecule has 2 heterocycles. The van der Waals surface area contributed by atoms with Crippen LogP contribution in [0.1, 0.15) is 30.4 Å². The molecule has 1 saturated heterocycles. The molecule has 4 heteroatoms. The minimum atomic E-state index is -0.193. The number of hydrogen-bond acceptors (Lipinski definition) is 4. The summed E-state index contributed by atoms with van der Waals surface area (Å²) in [4.78, 5) is 0. The third-order valence-electron chi connectivity index (χ3n) is 4.71. The summed E-state index contributed by atoms with van der Waals surface area (Å²) in [5.74, 6) is 0.930. The number of fused-ring (bicyclic) bond motifs is 1. The SMILES string of the molecule is N#CC1(CCOc2ccc3c(c2)CNCC3)CCNCC1. The highest BCUT2D eigenvalue weighted by Gasteiger charge is 2.31. The van der Waals surface area contributed by atoms with Crippen LogP contribution in [0.5, 0.6) is 5.75 Å². The summed E-state index contributed by atoms with van der Waals surface area (Å²) in [6.07, 6.45) is 3.78. The summed E-state index contributed by atoms with van der Waals surface area (Å²) in [6.45, 7) is 4.50. The molecule has 0 aliphatic carbocycles. The zero-order chi connectivity index (χ0) is 14.5. The Kier molecular flexibility index (Phi) is 4.42. The Morgan fingerprint density at radius 2 is 2.00 bits per heavy atom. The number of hydrogen-bond donors (Lipinski definition) is 2. The smallest absolute Gasteiger partial charge is 0.119 e. The first kappa shape index (κ1) is 14.4. The van der Waals surface area contributed by atoms with Crippen LogP contribution in [0.4, 0.5) is 0 Å². The van der Waals surface area contributed by atoms with Gasteiger partial charge in [-0.1, -0.05) is 6.07 Å². The van der Waals surface area contributed by atoms with Crippen molar-refractivity contribution in [1.82, 2.24) is 10.6 Å². The minimum absolute atomic E-state index is 0.193. The lowest BCUT2D eigenvalue weighted by Crippen LogP contribution is -2.36. The molecule has 0 aromatic heterocycles. The quantitative estimate of drug-likeness (QED) is 0.888.